The van der Waals surface area contributed by atoms with E-state index in [9.17, 15) is 4.79 Å². The number of ether oxygens (including phenoxy) is 2. The van der Waals surface area contributed by atoms with E-state index in [1.54, 1.807) is 31.4 Å². The Balaban J connectivity index is 2.16. The van der Waals surface area contributed by atoms with Crippen LogP contribution < -0.4 is 9.16 Å². The first kappa shape index (κ1) is 24.2. The number of benzene rings is 2. The molecule has 164 valence electrons. The number of hydrogen-bond donors (Lipinski definition) is 0. The van der Waals surface area contributed by atoms with Crippen LogP contribution in [0.1, 0.15) is 57.5 Å². The summed E-state index contributed by atoms with van der Waals surface area (Å²) in [6.45, 7) is 13.9. The number of Topliss-reactive ketones (excluding diaryl/α,β-unsaturated/α-hetero) is 1. The van der Waals surface area contributed by atoms with Crippen molar-refractivity contribution < 1.29 is 18.7 Å². The largest absolute Gasteiger partial charge is 0.543 e. The Morgan fingerprint density at radius 2 is 1.47 bits per heavy atom. The summed E-state index contributed by atoms with van der Waals surface area (Å²) >= 11 is 0. The molecule has 0 atom stereocenters. The SMILES string of the molecule is COCOc1ccc(C(=O)Cc2cccc(O[Si](C(C)C)(C(C)C)C(C)C)c2)cc1. The first-order chi connectivity index (χ1) is 14.2. The minimum absolute atomic E-state index is 0.0746. The quantitative estimate of drug-likeness (QED) is 0.228. The van der Waals surface area contributed by atoms with Gasteiger partial charge in [0.2, 0.25) is 0 Å². The van der Waals surface area contributed by atoms with Crippen LogP contribution >= 0.6 is 0 Å². The first-order valence-electron chi connectivity index (χ1n) is 10.7. The van der Waals surface area contributed by atoms with Crippen molar-refractivity contribution in [2.45, 2.75) is 64.6 Å². The summed E-state index contributed by atoms with van der Waals surface area (Å²) in [7, 11) is -0.447. The van der Waals surface area contributed by atoms with Crippen LogP contribution in [0.5, 0.6) is 11.5 Å². The standard InChI is InChI=1S/C25H36O4Si/c1-18(2)30(19(3)4,20(5)6)29-24-10-8-9-21(15-24)16-25(26)22-11-13-23(14-12-22)28-17-27-7/h8-15,18-20H,16-17H2,1-7H3. The minimum atomic E-state index is -2.02. The van der Waals surface area contributed by atoms with Gasteiger partial charge in [0.15, 0.2) is 12.6 Å². The van der Waals surface area contributed by atoms with Crippen LogP contribution in [0.3, 0.4) is 0 Å². The van der Waals surface area contributed by atoms with Gasteiger partial charge in [-0.15, -0.1) is 0 Å². The lowest BCUT2D eigenvalue weighted by Gasteiger charge is -2.42. The van der Waals surface area contributed by atoms with Crippen LogP contribution in [0.2, 0.25) is 16.6 Å². The lowest BCUT2D eigenvalue weighted by Crippen LogP contribution is -2.50. The maximum atomic E-state index is 12.8. The third kappa shape index (κ3) is 5.73. The van der Waals surface area contributed by atoms with Crippen LogP contribution in [0.25, 0.3) is 0 Å². The molecule has 4 nitrogen and oxygen atoms in total. The molecule has 0 bridgehead atoms. The van der Waals surface area contributed by atoms with Crippen LogP contribution in [0.15, 0.2) is 48.5 Å². The van der Waals surface area contributed by atoms with Crippen molar-refractivity contribution in [3.63, 3.8) is 0 Å². The van der Waals surface area contributed by atoms with E-state index < -0.39 is 8.32 Å². The highest BCUT2D eigenvalue weighted by molar-refractivity contribution is 6.78. The zero-order valence-corrected chi connectivity index (χ0v) is 20.4. The molecule has 0 amide bonds. The van der Waals surface area contributed by atoms with Gasteiger partial charge in [-0.05, 0) is 58.6 Å². The van der Waals surface area contributed by atoms with Crippen molar-refractivity contribution in [1.29, 1.82) is 0 Å². The van der Waals surface area contributed by atoms with Crippen LogP contribution in [-0.2, 0) is 11.2 Å². The average molecular weight is 429 g/mol. The maximum absolute atomic E-state index is 12.8. The van der Waals surface area contributed by atoms with Gasteiger partial charge in [-0.1, -0.05) is 53.7 Å². The van der Waals surface area contributed by atoms with Gasteiger partial charge >= 0.3 is 0 Å². The zero-order chi connectivity index (χ0) is 22.3. The summed E-state index contributed by atoms with van der Waals surface area (Å²) in [5, 5.41) is 0. The van der Waals surface area contributed by atoms with Crippen LogP contribution in [-0.4, -0.2) is 28.0 Å². The van der Waals surface area contributed by atoms with Gasteiger partial charge in [-0.3, -0.25) is 4.79 Å². The Morgan fingerprint density at radius 1 is 0.867 bits per heavy atom. The molecule has 0 aliphatic carbocycles. The molecule has 0 saturated heterocycles. The molecule has 0 heterocycles. The summed E-state index contributed by atoms with van der Waals surface area (Å²) in [6.07, 6.45) is 0.342. The average Bonchev–Trinajstić information content (AvgIpc) is 2.70. The van der Waals surface area contributed by atoms with E-state index in [1.165, 1.54) is 0 Å². The van der Waals surface area contributed by atoms with E-state index in [1.807, 2.05) is 24.3 Å². The Hall–Kier alpha value is -2.11. The van der Waals surface area contributed by atoms with Crippen LogP contribution in [0.4, 0.5) is 0 Å². The fourth-order valence-corrected chi connectivity index (χ4v) is 9.67. The molecule has 0 saturated carbocycles. The van der Waals surface area contributed by atoms with Gasteiger partial charge in [-0.2, -0.15) is 0 Å². The summed E-state index contributed by atoms with van der Waals surface area (Å²) in [5.41, 5.74) is 3.14. The Morgan fingerprint density at radius 3 is 2.00 bits per heavy atom. The van der Waals surface area contributed by atoms with Gasteiger partial charge in [0.1, 0.15) is 11.5 Å². The molecule has 0 aliphatic heterocycles. The lowest BCUT2D eigenvalue weighted by atomic mass is 10.0. The Bertz CT molecular complexity index is 790. The van der Waals surface area contributed by atoms with Gasteiger partial charge in [0, 0.05) is 19.1 Å². The van der Waals surface area contributed by atoms with Crippen molar-refractivity contribution in [2.24, 2.45) is 0 Å². The molecule has 2 aromatic rings. The van der Waals surface area contributed by atoms with Gasteiger partial charge in [0.05, 0.1) is 0 Å². The molecule has 0 spiro atoms. The second-order valence-electron chi connectivity index (χ2n) is 8.74. The Labute approximate surface area is 182 Å². The smallest absolute Gasteiger partial charge is 0.258 e. The lowest BCUT2D eigenvalue weighted by molar-refractivity contribution is 0.0511. The third-order valence-corrected chi connectivity index (χ3v) is 11.8. The van der Waals surface area contributed by atoms with Crippen LogP contribution in [0, 0.1) is 0 Å². The number of rotatable bonds is 11. The number of hydrogen-bond acceptors (Lipinski definition) is 4. The van der Waals surface area contributed by atoms with Crippen molar-refractivity contribution in [1.82, 2.24) is 0 Å². The van der Waals surface area contributed by atoms with E-state index in [-0.39, 0.29) is 12.6 Å². The monoisotopic (exact) mass is 428 g/mol. The van der Waals surface area contributed by atoms with Crippen molar-refractivity contribution >= 4 is 14.1 Å². The third-order valence-electron chi connectivity index (χ3n) is 5.78. The molecular weight excluding hydrogens is 392 g/mol. The van der Waals surface area contributed by atoms with Gasteiger partial charge < -0.3 is 13.9 Å². The van der Waals surface area contributed by atoms with E-state index in [4.69, 9.17) is 13.9 Å². The van der Waals surface area contributed by atoms with Crippen molar-refractivity contribution in [3.05, 3.63) is 59.7 Å². The van der Waals surface area contributed by atoms with E-state index >= 15 is 0 Å². The second-order valence-corrected chi connectivity index (χ2v) is 14.1. The topological polar surface area (TPSA) is 44.8 Å². The Kier molecular flexibility index (Phi) is 8.68. The van der Waals surface area contributed by atoms with Gasteiger partial charge in [-0.25, -0.2) is 0 Å². The molecule has 30 heavy (non-hydrogen) atoms. The first-order valence-corrected chi connectivity index (χ1v) is 12.9. The summed E-state index contributed by atoms with van der Waals surface area (Å²) in [4.78, 5) is 12.8. The predicted octanol–water partition coefficient (Wildman–Crippen LogP) is 6.65. The molecule has 2 aromatic carbocycles. The van der Waals surface area contributed by atoms with E-state index in [0.29, 0.717) is 34.4 Å². The molecule has 0 radical (unpaired) electrons. The van der Waals surface area contributed by atoms with Crippen molar-refractivity contribution in [3.8, 4) is 11.5 Å². The number of carbonyl (C=O) groups is 1. The summed E-state index contributed by atoms with van der Waals surface area (Å²) in [6, 6.07) is 15.2. The molecule has 0 N–H and O–H groups in total. The minimum Gasteiger partial charge on any atom is -0.543 e. The predicted molar refractivity (Wildman–Crippen MR) is 125 cm³/mol. The van der Waals surface area contributed by atoms with E-state index in [2.05, 4.69) is 41.5 Å². The summed E-state index contributed by atoms with van der Waals surface area (Å²) < 4.78 is 17.0. The number of carbonyl (C=O) groups excluding carboxylic acids is 1. The number of methoxy groups -OCH3 is 1. The molecule has 0 fully saturated rings. The molecular formula is C25H36O4Si. The fourth-order valence-electron chi connectivity index (χ4n) is 4.43. The molecule has 2 rings (SSSR count). The fraction of sp³-hybridized carbons (Fsp3) is 0.480. The molecule has 0 aliphatic rings. The highest BCUT2D eigenvalue weighted by Crippen LogP contribution is 2.42. The molecule has 0 unspecified atom stereocenters. The van der Waals surface area contributed by atoms with Crippen molar-refractivity contribution in [2.75, 3.05) is 13.9 Å². The molecule has 5 heteroatoms. The highest BCUT2D eigenvalue weighted by Gasteiger charge is 2.46. The van der Waals surface area contributed by atoms with Gasteiger partial charge in [0.25, 0.3) is 8.32 Å². The number of ketones is 1. The highest BCUT2D eigenvalue weighted by atomic mass is 28.4. The normalized spacial score (nSPS) is 11.9. The van der Waals surface area contributed by atoms with E-state index in [0.717, 1.165) is 11.3 Å². The maximum Gasteiger partial charge on any atom is 0.258 e. The summed E-state index contributed by atoms with van der Waals surface area (Å²) in [5.74, 6) is 1.64. The molecule has 0 aromatic heterocycles. The zero-order valence-electron chi connectivity index (χ0n) is 19.4. The second kappa shape index (κ2) is 10.8.